The van der Waals surface area contributed by atoms with E-state index in [1.807, 2.05) is 0 Å². The summed E-state index contributed by atoms with van der Waals surface area (Å²) in [6.45, 7) is 9.61. The normalized spacial score (nSPS) is 13.5. The van der Waals surface area contributed by atoms with Gasteiger partial charge in [-0.1, -0.05) is 32.9 Å². The van der Waals surface area contributed by atoms with Crippen LogP contribution in [-0.4, -0.2) is 124 Å². The Hall–Kier alpha value is -4.71. The van der Waals surface area contributed by atoms with Crippen molar-refractivity contribution < 1.29 is 57.2 Å². The molecule has 0 radical (unpaired) electrons. The number of nitrogens with one attached hydrogen (secondary N) is 4. The third-order valence-electron chi connectivity index (χ3n) is 7.55. The molecule has 294 valence electrons. The van der Waals surface area contributed by atoms with E-state index in [1.54, 1.807) is 52.0 Å². The van der Waals surface area contributed by atoms with Crippen molar-refractivity contribution >= 4 is 47.1 Å². The number of esters is 1. The molecule has 1 aromatic rings. The van der Waals surface area contributed by atoms with Gasteiger partial charge in [0.25, 0.3) is 11.8 Å². The van der Waals surface area contributed by atoms with Crippen LogP contribution < -0.4 is 21.3 Å². The number of ether oxygens (including phenoxy) is 5. The van der Waals surface area contributed by atoms with Gasteiger partial charge in [-0.2, -0.15) is 0 Å². The van der Waals surface area contributed by atoms with Crippen LogP contribution in [0.4, 0.5) is 5.69 Å². The van der Waals surface area contributed by atoms with E-state index in [0.717, 1.165) is 10.5 Å². The van der Waals surface area contributed by atoms with Crippen LogP contribution in [0.5, 0.6) is 0 Å². The Bertz CT molecular complexity index is 1370. The zero-order chi connectivity index (χ0) is 39.0. The van der Waals surface area contributed by atoms with Gasteiger partial charge >= 0.3 is 5.97 Å². The molecule has 17 heteroatoms. The number of nitrogens with zero attached hydrogens (tertiary/aromatic N) is 1. The molecule has 0 saturated heterocycles. The monoisotopic (exact) mass is 747 g/mol. The molecule has 2 atom stereocenters. The van der Waals surface area contributed by atoms with Crippen molar-refractivity contribution in [3.8, 4) is 0 Å². The van der Waals surface area contributed by atoms with E-state index in [-0.39, 0.29) is 82.5 Å². The van der Waals surface area contributed by atoms with Crippen molar-refractivity contribution in [3.63, 3.8) is 0 Å². The van der Waals surface area contributed by atoms with E-state index >= 15 is 0 Å². The molecule has 0 spiro atoms. The van der Waals surface area contributed by atoms with Crippen LogP contribution >= 0.6 is 0 Å². The van der Waals surface area contributed by atoms with E-state index in [2.05, 4.69) is 21.3 Å². The fourth-order valence-electron chi connectivity index (χ4n) is 4.49. The van der Waals surface area contributed by atoms with Crippen LogP contribution in [0.15, 0.2) is 36.4 Å². The molecular weight excluding hydrogens is 694 g/mol. The summed E-state index contributed by atoms with van der Waals surface area (Å²) >= 11 is 0. The van der Waals surface area contributed by atoms with Crippen molar-refractivity contribution in [2.24, 2.45) is 5.92 Å². The molecule has 0 aromatic heterocycles. The lowest BCUT2D eigenvalue weighted by molar-refractivity contribution is -0.144. The van der Waals surface area contributed by atoms with Crippen LogP contribution in [0.1, 0.15) is 52.5 Å². The lowest BCUT2D eigenvalue weighted by atomic mass is 10.0. The summed E-state index contributed by atoms with van der Waals surface area (Å²) in [5.41, 5.74) is 1.28. The fourth-order valence-corrected chi connectivity index (χ4v) is 4.49. The molecule has 0 aliphatic carbocycles. The highest BCUT2D eigenvalue weighted by molar-refractivity contribution is 6.13. The molecule has 1 aromatic carbocycles. The second-order valence-corrected chi connectivity index (χ2v) is 12.2. The van der Waals surface area contributed by atoms with Gasteiger partial charge in [-0.3, -0.25) is 38.5 Å². The van der Waals surface area contributed by atoms with Gasteiger partial charge in [0.1, 0.15) is 18.7 Å². The van der Waals surface area contributed by atoms with Gasteiger partial charge < -0.3 is 45.0 Å². The molecule has 0 bridgehead atoms. The molecule has 1 aliphatic heterocycles. The molecule has 53 heavy (non-hydrogen) atoms. The standard InChI is InChI=1S/C36H53N5O12/c1-5-33(46)53-24-27-6-8-28(9-7-27)39-35(47)26(4)38-36(48)34(25(2)3)40-30(43)13-16-49-18-20-51-22-23-52-21-19-50-17-14-37-29(42)12-15-41-31(44)10-11-32(41)45/h6-11,25-26,34H,5,12-24H2,1-4H3,(H,37,42)(H,38,48)(H,39,47)(H,40,43)/t26-,34-/m0/s1. The molecule has 1 aliphatic rings. The lowest BCUT2D eigenvalue weighted by Gasteiger charge is -2.24. The first-order valence-corrected chi connectivity index (χ1v) is 17.7. The van der Waals surface area contributed by atoms with Crippen LogP contribution in [0.3, 0.4) is 0 Å². The molecule has 6 amide bonds. The van der Waals surface area contributed by atoms with Gasteiger partial charge in [0.2, 0.25) is 23.6 Å². The predicted octanol–water partition coefficient (Wildman–Crippen LogP) is 0.612. The van der Waals surface area contributed by atoms with Gasteiger partial charge in [-0.15, -0.1) is 0 Å². The minimum absolute atomic E-state index is 0.0210. The summed E-state index contributed by atoms with van der Waals surface area (Å²) < 4.78 is 26.8. The van der Waals surface area contributed by atoms with Gasteiger partial charge in [0.05, 0.1) is 52.9 Å². The molecule has 0 unspecified atom stereocenters. The van der Waals surface area contributed by atoms with Crippen LogP contribution in [0.2, 0.25) is 0 Å². The second kappa shape index (κ2) is 25.3. The van der Waals surface area contributed by atoms with Crippen LogP contribution in [0.25, 0.3) is 0 Å². The number of rotatable bonds is 27. The Labute approximate surface area is 309 Å². The minimum Gasteiger partial charge on any atom is -0.461 e. The third kappa shape index (κ3) is 18.6. The van der Waals surface area contributed by atoms with E-state index in [9.17, 15) is 33.6 Å². The molecule has 2 rings (SSSR count). The maximum absolute atomic E-state index is 12.9. The van der Waals surface area contributed by atoms with Gasteiger partial charge in [0.15, 0.2) is 0 Å². The number of imide groups is 1. The van der Waals surface area contributed by atoms with E-state index in [4.69, 9.17) is 23.7 Å². The molecule has 0 saturated carbocycles. The second-order valence-electron chi connectivity index (χ2n) is 12.2. The van der Waals surface area contributed by atoms with Crippen molar-refractivity contribution in [2.75, 3.05) is 71.3 Å². The molecule has 4 N–H and O–H groups in total. The lowest BCUT2D eigenvalue weighted by Crippen LogP contribution is -2.53. The van der Waals surface area contributed by atoms with Gasteiger partial charge in [0, 0.05) is 50.2 Å². The Morgan fingerprint density at radius 1 is 0.698 bits per heavy atom. The zero-order valence-electron chi connectivity index (χ0n) is 30.9. The number of hydrogen-bond donors (Lipinski definition) is 4. The highest BCUT2D eigenvalue weighted by Gasteiger charge is 2.27. The summed E-state index contributed by atoms with van der Waals surface area (Å²) in [5.74, 6) is -2.96. The van der Waals surface area contributed by atoms with Gasteiger partial charge in [-0.25, -0.2) is 0 Å². The largest absolute Gasteiger partial charge is 0.461 e. The first-order chi connectivity index (χ1) is 25.4. The number of carbonyl (C=O) groups is 7. The maximum Gasteiger partial charge on any atom is 0.305 e. The Balaban J connectivity index is 1.47. The maximum atomic E-state index is 12.9. The van der Waals surface area contributed by atoms with Crippen molar-refractivity contribution in [1.29, 1.82) is 0 Å². The quantitative estimate of drug-likeness (QED) is 0.0553. The zero-order valence-corrected chi connectivity index (χ0v) is 30.9. The Kier molecular flexibility index (Phi) is 21.2. The third-order valence-corrected chi connectivity index (χ3v) is 7.55. The van der Waals surface area contributed by atoms with E-state index in [1.165, 1.54) is 12.2 Å². The molecule has 1 heterocycles. The summed E-state index contributed by atoms with van der Waals surface area (Å²) in [6.07, 6.45) is 2.69. The first kappa shape index (κ1) is 44.5. The van der Waals surface area contributed by atoms with Crippen molar-refractivity contribution in [3.05, 3.63) is 42.0 Å². The summed E-state index contributed by atoms with van der Waals surface area (Å²) in [6, 6.07) is 5.07. The number of hydrogen-bond acceptors (Lipinski definition) is 12. The molecular formula is C36H53N5O12. The predicted molar refractivity (Wildman–Crippen MR) is 191 cm³/mol. The van der Waals surface area contributed by atoms with Crippen molar-refractivity contribution in [1.82, 2.24) is 20.9 Å². The number of carbonyl (C=O) groups excluding carboxylic acids is 7. The van der Waals surface area contributed by atoms with Crippen LogP contribution in [-0.2, 0) is 63.9 Å². The van der Waals surface area contributed by atoms with Crippen LogP contribution in [0, 0.1) is 5.92 Å². The summed E-state index contributed by atoms with van der Waals surface area (Å²) in [5, 5.41) is 10.7. The van der Waals surface area contributed by atoms with E-state index < -0.39 is 35.7 Å². The molecule has 0 fully saturated rings. The SMILES string of the molecule is CCC(=O)OCc1ccc(NC(=O)[C@H](C)NC(=O)[C@@H](NC(=O)CCOCCOCCOCCOCCNC(=O)CCN2C(=O)C=CC2=O)C(C)C)cc1. The average molecular weight is 748 g/mol. The summed E-state index contributed by atoms with van der Waals surface area (Å²) in [7, 11) is 0. The number of amides is 6. The smallest absolute Gasteiger partial charge is 0.305 e. The first-order valence-electron chi connectivity index (χ1n) is 17.7. The minimum atomic E-state index is -0.876. The molecule has 17 nitrogen and oxygen atoms in total. The highest BCUT2D eigenvalue weighted by atomic mass is 16.6. The Morgan fingerprint density at radius 2 is 1.26 bits per heavy atom. The van der Waals surface area contributed by atoms with E-state index in [0.29, 0.717) is 38.7 Å². The topological polar surface area (TPSA) is 217 Å². The highest BCUT2D eigenvalue weighted by Crippen LogP contribution is 2.12. The summed E-state index contributed by atoms with van der Waals surface area (Å²) in [4.78, 5) is 85.2. The Morgan fingerprint density at radius 3 is 1.83 bits per heavy atom. The number of benzene rings is 1. The fraction of sp³-hybridized carbons (Fsp3) is 0.583. The number of anilines is 1. The van der Waals surface area contributed by atoms with Gasteiger partial charge in [-0.05, 0) is 30.5 Å². The average Bonchev–Trinajstić information content (AvgIpc) is 3.46. The van der Waals surface area contributed by atoms with Crippen molar-refractivity contribution in [2.45, 2.75) is 65.6 Å².